The molecule has 2 nitrogen and oxygen atoms in total. The number of benzene rings is 1. The first-order valence-corrected chi connectivity index (χ1v) is 4.70. The molecule has 13 heavy (non-hydrogen) atoms. The van der Waals surface area contributed by atoms with E-state index in [1.807, 2.05) is 0 Å². The predicted molar refractivity (Wildman–Crippen MR) is 53.4 cm³/mol. The SMILES string of the molecule is O=C1CCc2cc(Cl)c(Cl)cc2N1. The van der Waals surface area contributed by atoms with Crippen LogP contribution in [0.2, 0.25) is 10.0 Å². The van der Waals surface area contributed by atoms with Gasteiger partial charge in [-0.2, -0.15) is 0 Å². The fraction of sp³-hybridized carbons (Fsp3) is 0.222. The Labute approximate surface area is 85.8 Å². The van der Waals surface area contributed by atoms with Gasteiger partial charge in [0.05, 0.1) is 10.0 Å². The Bertz CT molecular complexity index is 376. The van der Waals surface area contributed by atoms with Gasteiger partial charge < -0.3 is 5.32 Å². The Morgan fingerprint density at radius 3 is 2.62 bits per heavy atom. The summed E-state index contributed by atoms with van der Waals surface area (Å²) < 4.78 is 0. The van der Waals surface area contributed by atoms with Crippen molar-refractivity contribution in [2.45, 2.75) is 12.8 Å². The highest BCUT2D eigenvalue weighted by Gasteiger charge is 2.15. The van der Waals surface area contributed by atoms with Crippen LogP contribution >= 0.6 is 23.2 Å². The van der Waals surface area contributed by atoms with Crippen molar-refractivity contribution in [1.82, 2.24) is 0 Å². The van der Waals surface area contributed by atoms with Crippen molar-refractivity contribution in [2.75, 3.05) is 5.32 Å². The molecule has 1 aliphatic rings. The standard InChI is InChI=1S/C9H7Cl2NO/c10-6-3-5-1-2-9(13)12-8(5)4-7(6)11/h3-4H,1-2H2,(H,12,13). The van der Waals surface area contributed by atoms with Gasteiger partial charge in [-0.3, -0.25) is 4.79 Å². The van der Waals surface area contributed by atoms with Crippen LogP contribution in [0.4, 0.5) is 5.69 Å². The molecule has 1 amide bonds. The van der Waals surface area contributed by atoms with E-state index in [2.05, 4.69) is 5.32 Å². The molecule has 2 rings (SSSR count). The lowest BCUT2D eigenvalue weighted by Crippen LogP contribution is -2.18. The molecule has 0 fully saturated rings. The van der Waals surface area contributed by atoms with E-state index >= 15 is 0 Å². The third-order valence-electron chi connectivity index (χ3n) is 2.04. The molecule has 0 aliphatic carbocycles. The molecule has 0 unspecified atom stereocenters. The van der Waals surface area contributed by atoms with Gasteiger partial charge >= 0.3 is 0 Å². The van der Waals surface area contributed by atoms with E-state index in [1.165, 1.54) is 0 Å². The number of nitrogens with one attached hydrogen (secondary N) is 1. The average Bonchev–Trinajstić information content (AvgIpc) is 2.08. The Hall–Kier alpha value is -0.730. The fourth-order valence-corrected chi connectivity index (χ4v) is 1.72. The highest BCUT2D eigenvalue weighted by Crippen LogP contribution is 2.31. The summed E-state index contributed by atoms with van der Waals surface area (Å²) >= 11 is 11.6. The quantitative estimate of drug-likeness (QED) is 0.709. The molecule has 0 saturated heterocycles. The van der Waals surface area contributed by atoms with Crippen molar-refractivity contribution < 1.29 is 4.79 Å². The van der Waals surface area contributed by atoms with Crippen LogP contribution in [0.5, 0.6) is 0 Å². The van der Waals surface area contributed by atoms with Crippen molar-refractivity contribution in [3.63, 3.8) is 0 Å². The van der Waals surface area contributed by atoms with Crippen LogP contribution in [0.1, 0.15) is 12.0 Å². The molecular weight excluding hydrogens is 209 g/mol. The maximum absolute atomic E-state index is 11.0. The number of amides is 1. The number of rotatable bonds is 0. The number of carbonyl (C=O) groups is 1. The lowest BCUT2D eigenvalue weighted by atomic mass is 10.0. The molecule has 1 aromatic carbocycles. The first-order valence-electron chi connectivity index (χ1n) is 3.94. The van der Waals surface area contributed by atoms with E-state index in [0.717, 1.165) is 17.7 Å². The van der Waals surface area contributed by atoms with Crippen LogP contribution in [0.25, 0.3) is 0 Å². The number of carbonyl (C=O) groups excluding carboxylic acids is 1. The number of hydrogen-bond donors (Lipinski definition) is 1. The topological polar surface area (TPSA) is 29.1 Å². The van der Waals surface area contributed by atoms with E-state index < -0.39 is 0 Å². The monoisotopic (exact) mass is 215 g/mol. The van der Waals surface area contributed by atoms with Crippen LogP contribution in [-0.4, -0.2) is 5.91 Å². The second-order valence-corrected chi connectivity index (χ2v) is 3.79. The number of aryl methyl sites for hydroxylation is 1. The molecule has 0 atom stereocenters. The molecule has 0 saturated carbocycles. The van der Waals surface area contributed by atoms with Crippen LogP contribution in [0, 0.1) is 0 Å². The van der Waals surface area contributed by atoms with Gasteiger partial charge in [0.15, 0.2) is 0 Å². The third kappa shape index (κ3) is 1.64. The third-order valence-corrected chi connectivity index (χ3v) is 2.76. The average molecular weight is 216 g/mol. The number of hydrogen-bond acceptors (Lipinski definition) is 1. The number of halogens is 2. The van der Waals surface area contributed by atoms with E-state index in [1.54, 1.807) is 12.1 Å². The van der Waals surface area contributed by atoms with E-state index in [4.69, 9.17) is 23.2 Å². The van der Waals surface area contributed by atoms with Crippen LogP contribution in [0.15, 0.2) is 12.1 Å². The zero-order valence-electron chi connectivity index (χ0n) is 6.73. The fourth-order valence-electron chi connectivity index (χ4n) is 1.37. The van der Waals surface area contributed by atoms with Gasteiger partial charge in [-0.25, -0.2) is 0 Å². The van der Waals surface area contributed by atoms with Gasteiger partial charge in [0.25, 0.3) is 0 Å². The van der Waals surface area contributed by atoms with Crippen LogP contribution in [0.3, 0.4) is 0 Å². The lowest BCUT2D eigenvalue weighted by molar-refractivity contribution is -0.116. The van der Waals surface area contributed by atoms with E-state index in [9.17, 15) is 4.79 Å². The molecule has 68 valence electrons. The van der Waals surface area contributed by atoms with E-state index in [-0.39, 0.29) is 5.91 Å². The van der Waals surface area contributed by atoms with Crippen molar-refractivity contribution in [2.24, 2.45) is 0 Å². The second-order valence-electron chi connectivity index (χ2n) is 2.97. The highest BCUT2D eigenvalue weighted by atomic mass is 35.5. The maximum atomic E-state index is 11.0. The minimum absolute atomic E-state index is 0.0332. The maximum Gasteiger partial charge on any atom is 0.224 e. The first-order chi connectivity index (χ1) is 6.16. The van der Waals surface area contributed by atoms with Gasteiger partial charge in [0, 0.05) is 12.1 Å². The summed E-state index contributed by atoms with van der Waals surface area (Å²) in [7, 11) is 0. The largest absolute Gasteiger partial charge is 0.326 e. The van der Waals surface area contributed by atoms with Gasteiger partial charge in [-0.05, 0) is 24.1 Å². The second kappa shape index (κ2) is 3.20. The van der Waals surface area contributed by atoms with Crippen molar-refractivity contribution in [1.29, 1.82) is 0 Å². The molecule has 1 heterocycles. The normalized spacial score (nSPS) is 15.1. The minimum Gasteiger partial charge on any atom is -0.326 e. The predicted octanol–water partition coefficient (Wildman–Crippen LogP) is 2.88. The Morgan fingerprint density at radius 1 is 1.15 bits per heavy atom. The zero-order chi connectivity index (χ0) is 9.42. The lowest BCUT2D eigenvalue weighted by Gasteiger charge is -2.17. The number of anilines is 1. The summed E-state index contributed by atoms with van der Waals surface area (Å²) in [6.07, 6.45) is 1.25. The Kier molecular flexibility index (Phi) is 2.18. The zero-order valence-corrected chi connectivity index (χ0v) is 8.24. The summed E-state index contributed by atoms with van der Waals surface area (Å²) in [6.45, 7) is 0. The molecule has 0 aromatic heterocycles. The smallest absolute Gasteiger partial charge is 0.224 e. The molecule has 4 heteroatoms. The Morgan fingerprint density at radius 2 is 1.85 bits per heavy atom. The first kappa shape index (κ1) is 8.85. The van der Waals surface area contributed by atoms with Gasteiger partial charge in [-0.15, -0.1) is 0 Å². The van der Waals surface area contributed by atoms with Crippen molar-refractivity contribution in [3.05, 3.63) is 27.7 Å². The van der Waals surface area contributed by atoms with Gasteiger partial charge in [0.2, 0.25) is 5.91 Å². The summed E-state index contributed by atoms with van der Waals surface area (Å²) in [5.41, 5.74) is 1.83. The van der Waals surface area contributed by atoms with Crippen LogP contribution in [-0.2, 0) is 11.2 Å². The summed E-state index contributed by atoms with van der Waals surface area (Å²) in [4.78, 5) is 11.0. The van der Waals surface area contributed by atoms with Crippen molar-refractivity contribution >= 4 is 34.8 Å². The highest BCUT2D eigenvalue weighted by molar-refractivity contribution is 6.42. The van der Waals surface area contributed by atoms with Gasteiger partial charge in [0.1, 0.15) is 0 Å². The Balaban J connectivity index is 2.49. The molecule has 1 N–H and O–H groups in total. The molecule has 1 aliphatic heterocycles. The molecule has 0 spiro atoms. The summed E-state index contributed by atoms with van der Waals surface area (Å²) in [5.74, 6) is 0.0332. The molecule has 0 radical (unpaired) electrons. The summed E-state index contributed by atoms with van der Waals surface area (Å²) in [6, 6.07) is 3.49. The minimum atomic E-state index is 0.0332. The van der Waals surface area contributed by atoms with Gasteiger partial charge in [-0.1, -0.05) is 23.2 Å². The summed E-state index contributed by atoms with van der Waals surface area (Å²) in [5, 5.41) is 3.76. The molecule has 1 aromatic rings. The molecule has 0 bridgehead atoms. The van der Waals surface area contributed by atoms with E-state index in [0.29, 0.717) is 16.5 Å². The van der Waals surface area contributed by atoms with Crippen molar-refractivity contribution in [3.8, 4) is 0 Å². The number of fused-ring (bicyclic) bond motifs is 1. The van der Waals surface area contributed by atoms with Crippen LogP contribution < -0.4 is 5.32 Å². The molecular formula is C9H7Cl2NO.